The number of hydrogen-bond acceptors (Lipinski definition) is 6. The van der Waals surface area contributed by atoms with Gasteiger partial charge in [0.2, 0.25) is 0 Å². The maximum Gasteiger partial charge on any atom is 0.358 e. The van der Waals surface area contributed by atoms with Gasteiger partial charge in [0.05, 0.1) is 13.2 Å². The summed E-state index contributed by atoms with van der Waals surface area (Å²) in [7, 11) is 0. The number of anilines is 1. The number of nitrogens with zero attached hydrogens (tertiary/aromatic N) is 3. The highest BCUT2D eigenvalue weighted by Gasteiger charge is 2.15. The normalized spacial score (nSPS) is 10.8. The Labute approximate surface area is 181 Å². The zero-order valence-electron chi connectivity index (χ0n) is 17.7. The largest absolute Gasteiger partial charge is 0.493 e. The van der Waals surface area contributed by atoms with Gasteiger partial charge in [-0.2, -0.15) is 0 Å². The van der Waals surface area contributed by atoms with Gasteiger partial charge in [-0.05, 0) is 49.6 Å². The van der Waals surface area contributed by atoms with Gasteiger partial charge in [-0.3, -0.25) is 0 Å². The van der Waals surface area contributed by atoms with Crippen LogP contribution in [0.5, 0.6) is 5.75 Å². The van der Waals surface area contributed by atoms with E-state index in [-0.39, 0.29) is 5.69 Å². The molecule has 0 bridgehead atoms. The first-order valence-electron chi connectivity index (χ1n) is 10.1. The van der Waals surface area contributed by atoms with Crippen LogP contribution < -0.4 is 9.64 Å². The fourth-order valence-corrected chi connectivity index (χ4v) is 3.02. The minimum absolute atomic E-state index is 0.226. The van der Waals surface area contributed by atoms with Gasteiger partial charge in [0.25, 0.3) is 0 Å². The molecule has 158 valence electrons. The zero-order chi connectivity index (χ0) is 21.2. The van der Waals surface area contributed by atoms with Crippen molar-refractivity contribution in [3.63, 3.8) is 0 Å². The Hall–Kier alpha value is -2.15. The number of hydrogen-bond donors (Lipinski definition) is 0. The van der Waals surface area contributed by atoms with E-state index in [2.05, 4.69) is 57.9 Å². The SMILES string of the molecule is CCCCOC(=O)c1ccc(N(CC)Cc2cc(Br)ccc2OCC(C)C)nn1. The van der Waals surface area contributed by atoms with Gasteiger partial charge in [-0.1, -0.05) is 43.1 Å². The molecule has 0 aliphatic carbocycles. The van der Waals surface area contributed by atoms with Crippen LogP contribution in [0.25, 0.3) is 0 Å². The fraction of sp³-hybridized carbons (Fsp3) is 0.500. The maximum absolute atomic E-state index is 12.0. The molecular weight excluding hydrogens is 434 g/mol. The van der Waals surface area contributed by atoms with Crippen LogP contribution >= 0.6 is 15.9 Å². The number of rotatable bonds is 11. The van der Waals surface area contributed by atoms with Gasteiger partial charge >= 0.3 is 5.97 Å². The lowest BCUT2D eigenvalue weighted by Gasteiger charge is -2.23. The van der Waals surface area contributed by atoms with Gasteiger partial charge in [-0.25, -0.2) is 4.79 Å². The molecule has 0 N–H and O–H groups in total. The standard InChI is InChI=1S/C22H30BrN3O3/c1-5-7-12-28-22(27)19-9-11-21(25-24-19)26(6-2)14-17-13-18(23)8-10-20(17)29-15-16(3)4/h8-11,13,16H,5-7,12,14-15H2,1-4H3. The van der Waals surface area contributed by atoms with Crippen molar-refractivity contribution in [2.45, 2.75) is 47.1 Å². The van der Waals surface area contributed by atoms with E-state index < -0.39 is 5.97 Å². The summed E-state index contributed by atoms with van der Waals surface area (Å²) in [6.45, 7) is 10.8. The summed E-state index contributed by atoms with van der Waals surface area (Å²) in [6, 6.07) is 9.49. The Balaban J connectivity index is 2.12. The topological polar surface area (TPSA) is 64.5 Å². The third-order valence-corrected chi connectivity index (χ3v) is 4.75. The molecular formula is C22H30BrN3O3. The summed E-state index contributed by atoms with van der Waals surface area (Å²) in [6.07, 6.45) is 1.82. The molecule has 6 nitrogen and oxygen atoms in total. The minimum atomic E-state index is -0.433. The molecule has 29 heavy (non-hydrogen) atoms. The molecule has 1 aromatic heterocycles. The molecule has 0 saturated carbocycles. The molecule has 0 unspecified atom stereocenters. The highest BCUT2D eigenvalue weighted by molar-refractivity contribution is 9.10. The number of carbonyl (C=O) groups is 1. The molecule has 0 aliphatic rings. The Morgan fingerprint density at radius 1 is 1.17 bits per heavy atom. The highest BCUT2D eigenvalue weighted by Crippen LogP contribution is 2.26. The number of unbranched alkanes of at least 4 members (excludes halogenated alkanes) is 1. The lowest BCUT2D eigenvalue weighted by molar-refractivity contribution is 0.0491. The van der Waals surface area contributed by atoms with Gasteiger partial charge in [-0.15, -0.1) is 10.2 Å². The molecule has 0 fully saturated rings. The van der Waals surface area contributed by atoms with Gasteiger partial charge in [0.15, 0.2) is 11.5 Å². The molecule has 0 aliphatic heterocycles. The first-order valence-corrected chi connectivity index (χ1v) is 10.9. The number of carbonyl (C=O) groups excluding carboxylic acids is 1. The van der Waals surface area contributed by atoms with Crippen molar-refractivity contribution in [3.05, 3.63) is 46.1 Å². The highest BCUT2D eigenvalue weighted by atomic mass is 79.9. The molecule has 7 heteroatoms. The van der Waals surface area contributed by atoms with Crippen LogP contribution in [0.15, 0.2) is 34.8 Å². The third kappa shape index (κ3) is 7.31. The maximum atomic E-state index is 12.0. The van der Waals surface area contributed by atoms with Crippen molar-refractivity contribution in [1.29, 1.82) is 0 Å². The average molecular weight is 464 g/mol. The summed E-state index contributed by atoms with van der Waals surface area (Å²) < 4.78 is 12.2. The molecule has 1 aromatic carbocycles. The van der Waals surface area contributed by atoms with E-state index in [1.54, 1.807) is 12.1 Å². The van der Waals surface area contributed by atoms with Crippen LogP contribution in [0.3, 0.4) is 0 Å². The van der Waals surface area contributed by atoms with Gasteiger partial charge in [0, 0.05) is 23.1 Å². The molecule has 0 radical (unpaired) electrons. The van der Waals surface area contributed by atoms with Crippen molar-refractivity contribution >= 4 is 27.7 Å². The van der Waals surface area contributed by atoms with E-state index in [1.165, 1.54) is 0 Å². The van der Waals surface area contributed by atoms with Crippen LogP contribution in [0.4, 0.5) is 5.82 Å². The Morgan fingerprint density at radius 2 is 1.97 bits per heavy atom. The number of aromatic nitrogens is 2. The van der Waals surface area contributed by atoms with Gasteiger partial charge in [0.1, 0.15) is 5.75 Å². The molecule has 0 spiro atoms. The molecule has 1 heterocycles. The first-order chi connectivity index (χ1) is 13.9. The van der Waals surface area contributed by atoms with Crippen molar-refractivity contribution < 1.29 is 14.3 Å². The third-order valence-electron chi connectivity index (χ3n) is 4.25. The predicted octanol–water partition coefficient (Wildman–Crippen LogP) is 5.26. The number of benzene rings is 1. The fourth-order valence-electron chi connectivity index (χ4n) is 2.62. The summed E-state index contributed by atoms with van der Waals surface area (Å²) in [5.74, 6) is 1.58. The monoisotopic (exact) mass is 463 g/mol. The zero-order valence-corrected chi connectivity index (χ0v) is 19.2. The Bertz CT molecular complexity index is 781. The lowest BCUT2D eigenvalue weighted by atomic mass is 10.1. The van der Waals surface area contributed by atoms with E-state index >= 15 is 0 Å². The smallest absolute Gasteiger partial charge is 0.358 e. The number of halogens is 1. The van der Waals surface area contributed by atoms with E-state index in [0.29, 0.717) is 31.5 Å². The van der Waals surface area contributed by atoms with Crippen LogP contribution in [0.2, 0.25) is 0 Å². The lowest BCUT2D eigenvalue weighted by Crippen LogP contribution is -2.24. The van der Waals surface area contributed by atoms with Crippen molar-refractivity contribution in [1.82, 2.24) is 10.2 Å². The first kappa shape index (κ1) is 23.1. The second-order valence-corrected chi connectivity index (χ2v) is 8.15. The van der Waals surface area contributed by atoms with Crippen LogP contribution in [0.1, 0.15) is 56.6 Å². The average Bonchev–Trinajstić information content (AvgIpc) is 2.71. The molecule has 2 aromatic rings. The second-order valence-electron chi connectivity index (χ2n) is 7.24. The molecule has 2 rings (SSSR count). The van der Waals surface area contributed by atoms with E-state index in [4.69, 9.17) is 9.47 Å². The van der Waals surface area contributed by atoms with Crippen LogP contribution in [-0.2, 0) is 11.3 Å². The van der Waals surface area contributed by atoms with Crippen molar-refractivity contribution in [3.8, 4) is 5.75 Å². The van der Waals surface area contributed by atoms with E-state index in [1.807, 2.05) is 19.1 Å². The van der Waals surface area contributed by atoms with Gasteiger partial charge < -0.3 is 14.4 Å². The second kappa shape index (κ2) is 11.8. The number of esters is 1. The van der Waals surface area contributed by atoms with Crippen LogP contribution in [-0.4, -0.2) is 35.9 Å². The Kier molecular flexibility index (Phi) is 9.38. The Morgan fingerprint density at radius 3 is 2.59 bits per heavy atom. The quantitative estimate of drug-likeness (QED) is 0.334. The van der Waals surface area contributed by atoms with E-state index in [0.717, 1.165) is 35.2 Å². The van der Waals surface area contributed by atoms with Crippen molar-refractivity contribution in [2.75, 3.05) is 24.7 Å². The van der Waals surface area contributed by atoms with E-state index in [9.17, 15) is 4.79 Å². The molecule has 0 amide bonds. The summed E-state index contributed by atoms with van der Waals surface area (Å²) in [5, 5.41) is 8.30. The summed E-state index contributed by atoms with van der Waals surface area (Å²) >= 11 is 3.54. The number of ether oxygens (including phenoxy) is 2. The summed E-state index contributed by atoms with van der Waals surface area (Å²) in [4.78, 5) is 14.1. The predicted molar refractivity (Wildman–Crippen MR) is 118 cm³/mol. The van der Waals surface area contributed by atoms with Crippen LogP contribution in [0, 0.1) is 5.92 Å². The summed E-state index contributed by atoms with van der Waals surface area (Å²) in [5.41, 5.74) is 1.29. The minimum Gasteiger partial charge on any atom is -0.493 e. The molecule has 0 atom stereocenters. The molecule has 0 saturated heterocycles. The van der Waals surface area contributed by atoms with Crippen molar-refractivity contribution in [2.24, 2.45) is 5.92 Å².